The van der Waals surface area contributed by atoms with Gasteiger partial charge >= 0.3 is 0 Å². The fourth-order valence-electron chi connectivity index (χ4n) is 7.46. The number of amides is 3. The van der Waals surface area contributed by atoms with E-state index in [0.717, 1.165) is 43.2 Å². The van der Waals surface area contributed by atoms with Crippen molar-refractivity contribution >= 4 is 40.4 Å². The molecule has 2 heterocycles. The third-order valence-corrected chi connectivity index (χ3v) is 11.6. The summed E-state index contributed by atoms with van der Waals surface area (Å²) in [7, 11) is 3.25. The predicted molar refractivity (Wildman–Crippen MR) is 191 cm³/mol. The molecule has 270 valence electrons. The van der Waals surface area contributed by atoms with Crippen molar-refractivity contribution in [3.8, 4) is 0 Å². The molecule has 4 N–H and O–H groups in total. The van der Waals surface area contributed by atoms with Crippen LogP contribution in [0.25, 0.3) is 11.0 Å². The average Bonchev–Trinajstić information content (AvgIpc) is 3.85. The van der Waals surface area contributed by atoms with Gasteiger partial charge < -0.3 is 25.7 Å². The fourth-order valence-corrected chi connectivity index (χ4v) is 7.71. The number of aromatic amines is 1. The Hall–Kier alpha value is -4.29. The molecule has 3 amide bonds. The lowest BCUT2D eigenvalue weighted by molar-refractivity contribution is -0.135. The van der Waals surface area contributed by atoms with Crippen molar-refractivity contribution in [2.45, 2.75) is 88.0 Å². The first kappa shape index (κ1) is 35.1. The van der Waals surface area contributed by atoms with Crippen molar-refractivity contribution in [2.75, 3.05) is 13.7 Å². The zero-order valence-corrected chi connectivity index (χ0v) is 30.1. The summed E-state index contributed by atoms with van der Waals surface area (Å²) < 4.78 is 20.8. The number of alkyl halides is 1. The Morgan fingerprint density at radius 3 is 2.51 bits per heavy atom. The Balaban J connectivity index is 1.23. The second-order valence-corrected chi connectivity index (χ2v) is 15.5. The molecule has 11 nitrogen and oxygen atoms in total. The summed E-state index contributed by atoms with van der Waals surface area (Å²) >= 11 is 6.83. The fraction of sp³-hybridized carbons (Fsp3) is 0.500. The Morgan fingerprint density at radius 2 is 1.90 bits per heavy atom. The number of hydrogen-bond donors (Lipinski definition) is 4. The molecular formula is C38H45ClFN7O4. The normalized spacial score (nSPS) is 22.2. The zero-order valence-electron chi connectivity index (χ0n) is 29.3. The molecule has 6 atom stereocenters. The maximum absolute atomic E-state index is 14.1. The number of methoxy groups -OCH3 is 1. The van der Waals surface area contributed by atoms with Gasteiger partial charge in [-0.25, -0.2) is 9.37 Å². The highest BCUT2D eigenvalue weighted by Gasteiger charge is 2.51. The van der Waals surface area contributed by atoms with E-state index in [1.54, 1.807) is 26.2 Å². The van der Waals surface area contributed by atoms with Crippen molar-refractivity contribution in [1.29, 1.82) is 0 Å². The molecule has 1 unspecified atom stereocenters. The van der Waals surface area contributed by atoms with Crippen LogP contribution in [0.5, 0.6) is 0 Å². The van der Waals surface area contributed by atoms with Gasteiger partial charge in [-0.15, -0.1) is 0 Å². The number of carbonyl (C=O) groups is 3. The minimum absolute atomic E-state index is 0.00758. The number of fused-ring (bicyclic) bond motifs is 1. The van der Waals surface area contributed by atoms with Crippen LogP contribution >= 0.6 is 11.6 Å². The molecule has 0 bridgehead atoms. The van der Waals surface area contributed by atoms with Crippen LogP contribution in [0.3, 0.4) is 0 Å². The summed E-state index contributed by atoms with van der Waals surface area (Å²) in [6, 6.07) is 13.1. The average molecular weight is 718 g/mol. The number of nitrogens with one attached hydrogen (secondary N) is 4. The van der Waals surface area contributed by atoms with E-state index in [9.17, 15) is 18.8 Å². The van der Waals surface area contributed by atoms with Gasteiger partial charge in [0, 0.05) is 37.7 Å². The molecule has 3 saturated carbocycles. The third kappa shape index (κ3) is 6.87. The molecule has 51 heavy (non-hydrogen) atoms. The number of aromatic nitrogens is 4. The lowest BCUT2D eigenvalue weighted by Gasteiger charge is -2.36. The summed E-state index contributed by atoms with van der Waals surface area (Å²) in [6.07, 6.45) is 5.39. The van der Waals surface area contributed by atoms with E-state index in [4.69, 9.17) is 21.3 Å². The van der Waals surface area contributed by atoms with Crippen LogP contribution in [-0.4, -0.2) is 69.4 Å². The lowest BCUT2D eigenvalue weighted by atomic mass is 9.77. The Bertz CT molecular complexity index is 1950. The molecular weight excluding hydrogens is 673 g/mol. The van der Waals surface area contributed by atoms with E-state index >= 15 is 0 Å². The minimum Gasteiger partial charge on any atom is -0.383 e. The number of ether oxygens (including phenoxy) is 1. The highest BCUT2D eigenvalue weighted by Crippen LogP contribution is 2.60. The smallest absolute Gasteiger partial charge is 0.270 e. The van der Waals surface area contributed by atoms with Crippen LogP contribution in [0.4, 0.5) is 4.39 Å². The van der Waals surface area contributed by atoms with Crippen molar-refractivity contribution in [3.63, 3.8) is 0 Å². The number of carbonyl (C=O) groups excluding carboxylic acids is 3. The summed E-state index contributed by atoms with van der Waals surface area (Å²) in [5.74, 6) is -0.650. The first-order chi connectivity index (χ1) is 24.4. The summed E-state index contributed by atoms with van der Waals surface area (Å²) in [6.45, 7) is 4.04. The van der Waals surface area contributed by atoms with Crippen LogP contribution in [-0.2, 0) is 26.8 Å². The summed E-state index contributed by atoms with van der Waals surface area (Å²) in [5.41, 5.74) is 2.00. The molecule has 2 aromatic carbocycles. The Labute approximate surface area is 301 Å². The number of nitrogens with zero attached hydrogens (tertiary/aromatic N) is 3. The number of H-pyrrole nitrogens is 1. The molecule has 3 aliphatic carbocycles. The maximum atomic E-state index is 14.1. The van der Waals surface area contributed by atoms with Crippen molar-refractivity contribution < 1.29 is 23.5 Å². The molecule has 3 fully saturated rings. The lowest BCUT2D eigenvalue weighted by Crippen LogP contribution is -2.57. The predicted octanol–water partition coefficient (Wildman–Crippen LogP) is 5.42. The van der Waals surface area contributed by atoms with Crippen molar-refractivity contribution in [2.24, 2.45) is 18.4 Å². The van der Waals surface area contributed by atoms with E-state index in [-0.39, 0.29) is 41.6 Å². The highest BCUT2D eigenvalue weighted by molar-refractivity contribution is 6.31. The van der Waals surface area contributed by atoms with E-state index in [2.05, 4.69) is 33.0 Å². The quantitative estimate of drug-likeness (QED) is 0.137. The molecule has 0 spiro atoms. The van der Waals surface area contributed by atoms with E-state index in [0.29, 0.717) is 34.0 Å². The Kier molecular flexibility index (Phi) is 9.43. The maximum Gasteiger partial charge on any atom is 0.270 e. The summed E-state index contributed by atoms with van der Waals surface area (Å²) in [5, 5.41) is 13.9. The topological polar surface area (TPSA) is 143 Å². The molecule has 13 heteroatoms. The Morgan fingerprint density at radius 1 is 1.16 bits per heavy atom. The van der Waals surface area contributed by atoms with Crippen molar-refractivity contribution in [3.05, 3.63) is 82.4 Å². The molecule has 0 radical (unpaired) electrons. The van der Waals surface area contributed by atoms with E-state index in [1.807, 2.05) is 42.5 Å². The number of benzene rings is 2. The van der Waals surface area contributed by atoms with Crippen LogP contribution < -0.4 is 16.0 Å². The van der Waals surface area contributed by atoms with E-state index < -0.39 is 29.7 Å². The van der Waals surface area contributed by atoms with Gasteiger partial charge in [-0.3, -0.25) is 19.1 Å². The van der Waals surface area contributed by atoms with Gasteiger partial charge in [0.2, 0.25) is 11.8 Å². The van der Waals surface area contributed by atoms with Crippen LogP contribution in [0.2, 0.25) is 5.02 Å². The molecule has 7 rings (SSSR count). The zero-order chi connectivity index (χ0) is 36.1. The van der Waals surface area contributed by atoms with Crippen LogP contribution in [0.1, 0.15) is 91.8 Å². The second-order valence-electron chi connectivity index (χ2n) is 15.1. The van der Waals surface area contributed by atoms with E-state index in [1.165, 1.54) is 11.8 Å². The minimum atomic E-state index is -1.18. The largest absolute Gasteiger partial charge is 0.383 e. The van der Waals surface area contributed by atoms with Gasteiger partial charge in [-0.05, 0) is 79.3 Å². The molecule has 2 aromatic heterocycles. The third-order valence-electron chi connectivity index (χ3n) is 11.3. The van der Waals surface area contributed by atoms with Gasteiger partial charge in [-0.1, -0.05) is 49.2 Å². The molecule has 4 aromatic rings. The second kappa shape index (κ2) is 13.7. The summed E-state index contributed by atoms with van der Waals surface area (Å²) in [4.78, 5) is 49.7. The first-order valence-electron chi connectivity index (χ1n) is 17.7. The van der Waals surface area contributed by atoms with Gasteiger partial charge in [0.15, 0.2) is 0 Å². The number of aryl methyl sites for hydroxylation is 1. The number of hydrogen-bond acceptors (Lipinski definition) is 6. The van der Waals surface area contributed by atoms with Gasteiger partial charge in [0.1, 0.15) is 23.7 Å². The first-order valence-corrected chi connectivity index (χ1v) is 18.1. The van der Waals surface area contributed by atoms with Gasteiger partial charge in [0.05, 0.1) is 35.1 Å². The number of halogens is 2. The molecule has 0 saturated heterocycles. The van der Waals surface area contributed by atoms with Crippen molar-refractivity contribution in [1.82, 2.24) is 35.7 Å². The van der Waals surface area contributed by atoms with Gasteiger partial charge in [0.25, 0.3) is 5.91 Å². The SMILES string of the molecule is COCC(C)(C(=O)N[C@@H](C(=O)N[C@@H]1C[C@@H]1F)C1CCC1)c1ccc2[nH]c([C@@H](NC(=O)c3ccnn3C)[C@H](c3ccccc3Cl)C3(C)CC3)nc2c1. The molecule has 0 aliphatic heterocycles. The monoisotopic (exact) mass is 717 g/mol. The number of rotatable bonds is 14. The van der Waals surface area contributed by atoms with Gasteiger partial charge in [-0.2, -0.15) is 5.10 Å². The number of imidazole rings is 1. The van der Waals surface area contributed by atoms with Crippen LogP contribution in [0, 0.1) is 11.3 Å². The molecule has 3 aliphatic rings. The standard InChI is InChI=1S/C38H45ClFN7O4/c1-37(15-16-37)30(23-10-5-6-11-24(23)39)32(45-34(48)29-14-17-41-47(29)3)33-42-26-13-12-22(18-28(26)43-33)38(2,20-51-4)36(50)46-31(21-8-7-9-21)35(49)44-27-19-25(27)40/h5-6,10-14,17-18,21,25,27,30-32H,7-9,15-16,19-20H2,1-4H3,(H,42,43)(H,44,49)(H,45,48)(H,46,50)/t25-,27+,30-,31+,32-,38?/m0/s1. The van der Waals surface area contributed by atoms with Crippen LogP contribution in [0.15, 0.2) is 54.7 Å². The highest BCUT2D eigenvalue weighted by atomic mass is 35.5.